The molecule has 0 aliphatic rings. The van der Waals surface area contributed by atoms with E-state index >= 15 is 0 Å². The monoisotopic (exact) mass is 313 g/mol. The lowest BCUT2D eigenvalue weighted by Crippen LogP contribution is -2.15. The summed E-state index contributed by atoms with van der Waals surface area (Å²) in [5.41, 5.74) is 8.54. The number of fused-ring (bicyclic) bond motifs is 1. The van der Waals surface area contributed by atoms with Crippen LogP contribution in [0.2, 0.25) is 0 Å². The molecular formula is C17H16FN3O2. The van der Waals surface area contributed by atoms with Crippen LogP contribution in [0.1, 0.15) is 17.0 Å². The van der Waals surface area contributed by atoms with E-state index in [1.807, 2.05) is 0 Å². The third kappa shape index (κ3) is 2.89. The second-order valence-corrected chi connectivity index (χ2v) is 5.24. The van der Waals surface area contributed by atoms with Gasteiger partial charge in [0.25, 0.3) is 0 Å². The van der Waals surface area contributed by atoms with Gasteiger partial charge in [-0.15, -0.1) is 0 Å². The van der Waals surface area contributed by atoms with Gasteiger partial charge in [-0.2, -0.15) is 0 Å². The Labute approximate surface area is 131 Å². The van der Waals surface area contributed by atoms with Crippen LogP contribution in [0.25, 0.3) is 10.9 Å². The highest BCUT2D eigenvalue weighted by Gasteiger charge is 2.19. The quantitative estimate of drug-likeness (QED) is 0.594. The Morgan fingerprint density at radius 1 is 1.26 bits per heavy atom. The molecule has 0 saturated carbocycles. The molecule has 0 spiro atoms. The Hall–Kier alpha value is -2.86. The largest absolute Gasteiger partial charge is 0.465 e. The molecule has 5 nitrogen and oxygen atoms in total. The van der Waals surface area contributed by atoms with Gasteiger partial charge in [-0.3, -0.25) is 5.32 Å². The van der Waals surface area contributed by atoms with E-state index in [4.69, 9.17) is 10.8 Å². The number of rotatable bonds is 4. The zero-order valence-corrected chi connectivity index (χ0v) is 12.2. The van der Waals surface area contributed by atoms with Crippen LogP contribution in [0.4, 0.5) is 14.9 Å². The van der Waals surface area contributed by atoms with E-state index in [0.717, 1.165) is 16.5 Å². The van der Waals surface area contributed by atoms with Crippen LogP contribution in [0.3, 0.4) is 0 Å². The van der Waals surface area contributed by atoms with Crippen LogP contribution in [-0.4, -0.2) is 22.7 Å². The molecule has 1 atom stereocenters. The molecule has 5 N–H and O–H groups in total. The molecule has 0 fully saturated rings. The van der Waals surface area contributed by atoms with Gasteiger partial charge in [0.15, 0.2) is 0 Å². The summed E-state index contributed by atoms with van der Waals surface area (Å²) in [7, 11) is 0. The lowest BCUT2D eigenvalue weighted by Gasteiger charge is -2.15. The van der Waals surface area contributed by atoms with Gasteiger partial charge in [-0.25, -0.2) is 9.18 Å². The average molecular weight is 313 g/mol. The van der Waals surface area contributed by atoms with Crippen LogP contribution in [0, 0.1) is 5.82 Å². The molecule has 0 aliphatic heterocycles. The number of H-pyrrole nitrogens is 1. The predicted molar refractivity (Wildman–Crippen MR) is 87.2 cm³/mol. The molecule has 1 unspecified atom stereocenters. The van der Waals surface area contributed by atoms with Gasteiger partial charge in [0.2, 0.25) is 0 Å². The molecule has 0 saturated heterocycles. The summed E-state index contributed by atoms with van der Waals surface area (Å²) >= 11 is 0. The summed E-state index contributed by atoms with van der Waals surface area (Å²) < 4.78 is 14.1. The normalized spacial score (nSPS) is 12.3. The van der Waals surface area contributed by atoms with Crippen LogP contribution >= 0.6 is 0 Å². The Kier molecular flexibility index (Phi) is 3.99. The summed E-state index contributed by atoms with van der Waals surface area (Å²) in [6.07, 6.45) is 0.668. The highest BCUT2D eigenvalue weighted by molar-refractivity contribution is 5.91. The average Bonchev–Trinajstić information content (AvgIpc) is 2.92. The van der Waals surface area contributed by atoms with Gasteiger partial charge >= 0.3 is 6.09 Å². The number of halogens is 1. The first kappa shape index (κ1) is 15.1. The molecule has 23 heavy (non-hydrogen) atoms. The second kappa shape index (κ2) is 6.10. The Morgan fingerprint density at radius 2 is 2.04 bits per heavy atom. The number of anilines is 1. The van der Waals surface area contributed by atoms with Crippen LogP contribution in [0.15, 0.2) is 48.7 Å². The minimum atomic E-state index is -1.12. The fourth-order valence-corrected chi connectivity index (χ4v) is 2.82. The number of carboxylic acid groups (broad SMARTS) is 1. The number of nitrogens with two attached hydrogens (primary N) is 1. The van der Waals surface area contributed by atoms with Crippen molar-refractivity contribution >= 4 is 22.7 Å². The number of aromatic nitrogens is 1. The number of hydrogen-bond acceptors (Lipinski definition) is 2. The van der Waals surface area contributed by atoms with Crippen molar-refractivity contribution in [1.82, 2.24) is 4.98 Å². The summed E-state index contributed by atoms with van der Waals surface area (Å²) in [4.78, 5) is 13.8. The molecule has 1 aromatic heterocycles. The number of carbonyl (C=O) groups is 1. The lowest BCUT2D eigenvalue weighted by molar-refractivity contribution is 0.210. The van der Waals surface area contributed by atoms with Crippen molar-refractivity contribution in [2.24, 2.45) is 5.73 Å². The van der Waals surface area contributed by atoms with Crippen molar-refractivity contribution in [1.29, 1.82) is 0 Å². The van der Waals surface area contributed by atoms with Gasteiger partial charge in [0.1, 0.15) is 5.82 Å². The summed E-state index contributed by atoms with van der Waals surface area (Å²) in [6, 6.07) is 11.7. The molecule has 3 aromatic rings. The Bertz CT molecular complexity index is 860. The number of benzene rings is 2. The Balaban J connectivity index is 2.05. The van der Waals surface area contributed by atoms with Gasteiger partial charge in [0, 0.05) is 35.2 Å². The smallest absolute Gasteiger partial charge is 0.409 e. The maximum atomic E-state index is 14.1. The maximum Gasteiger partial charge on any atom is 0.409 e. The number of amides is 1. The molecule has 118 valence electrons. The molecule has 2 aromatic carbocycles. The first-order valence-corrected chi connectivity index (χ1v) is 7.15. The van der Waals surface area contributed by atoms with Gasteiger partial charge in [0.05, 0.1) is 0 Å². The fraction of sp³-hybridized carbons (Fsp3) is 0.118. The summed E-state index contributed by atoms with van der Waals surface area (Å²) in [6.45, 7) is 0.267. The lowest BCUT2D eigenvalue weighted by atomic mass is 9.90. The van der Waals surface area contributed by atoms with Crippen molar-refractivity contribution in [3.05, 3.63) is 65.6 Å². The van der Waals surface area contributed by atoms with E-state index in [1.54, 1.807) is 42.6 Å². The van der Waals surface area contributed by atoms with E-state index in [1.165, 1.54) is 6.07 Å². The van der Waals surface area contributed by atoms with Gasteiger partial charge in [-0.1, -0.05) is 24.3 Å². The molecule has 0 aliphatic carbocycles. The highest BCUT2D eigenvalue weighted by atomic mass is 19.1. The van der Waals surface area contributed by atoms with Crippen molar-refractivity contribution in [2.75, 3.05) is 11.9 Å². The zero-order valence-electron chi connectivity index (χ0n) is 12.2. The molecule has 3 rings (SSSR count). The number of nitrogens with one attached hydrogen (secondary N) is 2. The van der Waals surface area contributed by atoms with E-state index in [9.17, 15) is 9.18 Å². The maximum absolute atomic E-state index is 14.1. The molecular weight excluding hydrogens is 297 g/mol. The minimum Gasteiger partial charge on any atom is -0.465 e. The topological polar surface area (TPSA) is 91.1 Å². The molecule has 1 heterocycles. The highest BCUT2D eigenvalue weighted by Crippen LogP contribution is 2.32. The van der Waals surface area contributed by atoms with E-state index in [2.05, 4.69) is 10.3 Å². The predicted octanol–water partition coefficient (Wildman–Crippen LogP) is 3.49. The minimum absolute atomic E-state index is 0.267. The number of aromatic amines is 1. The SMILES string of the molecule is NCC(c1ccccc1F)c1c[nH]c2cc(NC(=O)O)ccc12. The van der Waals surface area contributed by atoms with Crippen molar-refractivity contribution in [2.45, 2.75) is 5.92 Å². The van der Waals surface area contributed by atoms with Gasteiger partial charge in [-0.05, 0) is 29.3 Å². The molecule has 6 heteroatoms. The second-order valence-electron chi connectivity index (χ2n) is 5.24. The third-order valence-corrected chi connectivity index (χ3v) is 3.86. The van der Waals surface area contributed by atoms with Crippen molar-refractivity contribution in [3.8, 4) is 0 Å². The van der Waals surface area contributed by atoms with Gasteiger partial charge < -0.3 is 15.8 Å². The van der Waals surface area contributed by atoms with E-state index in [0.29, 0.717) is 11.3 Å². The number of hydrogen-bond donors (Lipinski definition) is 4. The van der Waals surface area contributed by atoms with Crippen molar-refractivity contribution in [3.63, 3.8) is 0 Å². The summed E-state index contributed by atoms with van der Waals surface area (Å²) in [5.74, 6) is -0.565. The zero-order chi connectivity index (χ0) is 16.4. The van der Waals surface area contributed by atoms with E-state index in [-0.39, 0.29) is 18.3 Å². The van der Waals surface area contributed by atoms with Crippen LogP contribution < -0.4 is 11.1 Å². The van der Waals surface area contributed by atoms with Crippen molar-refractivity contribution < 1.29 is 14.3 Å². The first-order valence-electron chi connectivity index (χ1n) is 7.15. The first-order chi connectivity index (χ1) is 11.1. The summed E-state index contributed by atoms with van der Waals surface area (Å²) in [5, 5.41) is 12.0. The molecule has 0 radical (unpaired) electrons. The molecule has 1 amide bonds. The van der Waals surface area contributed by atoms with Crippen LogP contribution in [0.5, 0.6) is 0 Å². The standard InChI is InChI=1S/C17H16FN3O2/c18-15-4-2-1-3-11(15)13(8-19)14-9-20-16-7-10(21-17(22)23)5-6-12(14)16/h1-7,9,13,20-21H,8,19H2,(H,22,23). The fourth-order valence-electron chi connectivity index (χ4n) is 2.82. The molecule has 0 bridgehead atoms. The van der Waals surface area contributed by atoms with Crippen LogP contribution in [-0.2, 0) is 0 Å². The van der Waals surface area contributed by atoms with E-state index < -0.39 is 6.09 Å². The third-order valence-electron chi connectivity index (χ3n) is 3.86. The Morgan fingerprint density at radius 3 is 2.74 bits per heavy atom.